The first kappa shape index (κ1) is 9.69. The molecule has 2 aromatic rings. The molecule has 0 atom stereocenters. The highest BCUT2D eigenvalue weighted by Gasteiger charge is 1.99. The summed E-state index contributed by atoms with van der Waals surface area (Å²) in [6, 6.07) is 8.00. The second-order valence-electron chi connectivity index (χ2n) is 3.28. The first-order valence-corrected chi connectivity index (χ1v) is 4.90. The van der Waals surface area contributed by atoms with Crippen LogP contribution in [0.25, 0.3) is 5.65 Å². The van der Waals surface area contributed by atoms with Crippen molar-refractivity contribution in [1.29, 1.82) is 5.26 Å². The maximum absolute atomic E-state index is 8.37. The summed E-state index contributed by atoms with van der Waals surface area (Å²) in [6.45, 7) is 1.42. The minimum atomic E-state index is 0.535. The Balaban J connectivity index is 2.00. The maximum atomic E-state index is 8.37. The van der Waals surface area contributed by atoms with Gasteiger partial charge < -0.3 is 9.72 Å². The van der Waals surface area contributed by atoms with Crippen molar-refractivity contribution in [3.05, 3.63) is 36.3 Å². The summed E-state index contributed by atoms with van der Waals surface area (Å²) in [5.74, 6) is 0. The van der Waals surface area contributed by atoms with Gasteiger partial charge in [-0.3, -0.25) is 0 Å². The zero-order valence-corrected chi connectivity index (χ0v) is 8.35. The van der Waals surface area contributed by atoms with Gasteiger partial charge >= 0.3 is 0 Å². The highest BCUT2D eigenvalue weighted by molar-refractivity contribution is 5.39. The third kappa shape index (κ3) is 2.33. The maximum Gasteiger partial charge on any atom is 0.137 e. The van der Waals surface area contributed by atoms with Crippen LogP contribution >= 0.6 is 0 Å². The summed E-state index contributed by atoms with van der Waals surface area (Å²) in [5.41, 5.74) is 1.95. The average molecular weight is 200 g/mol. The number of hydrogen-bond donors (Lipinski definition) is 1. The highest BCUT2D eigenvalue weighted by atomic mass is 15.0. The summed E-state index contributed by atoms with van der Waals surface area (Å²) in [6.07, 6.45) is 4.50. The van der Waals surface area contributed by atoms with Gasteiger partial charge in [0.05, 0.1) is 11.8 Å². The van der Waals surface area contributed by atoms with Gasteiger partial charge in [0.25, 0.3) is 0 Å². The number of aromatic nitrogens is 2. The number of nitriles is 1. The van der Waals surface area contributed by atoms with Crippen molar-refractivity contribution in [2.24, 2.45) is 0 Å². The zero-order valence-electron chi connectivity index (χ0n) is 8.35. The Kier molecular flexibility index (Phi) is 2.96. The van der Waals surface area contributed by atoms with Crippen LogP contribution in [0, 0.1) is 11.3 Å². The van der Waals surface area contributed by atoms with E-state index in [0.29, 0.717) is 19.5 Å². The molecule has 0 aliphatic carbocycles. The summed E-state index contributed by atoms with van der Waals surface area (Å²) in [5, 5.41) is 11.5. The minimum absolute atomic E-state index is 0.535. The molecular weight excluding hydrogens is 188 g/mol. The molecule has 0 bridgehead atoms. The van der Waals surface area contributed by atoms with Gasteiger partial charge in [-0.1, -0.05) is 6.07 Å². The van der Waals surface area contributed by atoms with Gasteiger partial charge in [0.1, 0.15) is 5.65 Å². The molecule has 0 amide bonds. The van der Waals surface area contributed by atoms with Gasteiger partial charge in [-0.15, -0.1) is 0 Å². The van der Waals surface area contributed by atoms with Gasteiger partial charge in [-0.2, -0.15) is 5.26 Å². The zero-order chi connectivity index (χ0) is 10.5. The molecular formula is C11H12N4. The van der Waals surface area contributed by atoms with Crippen molar-refractivity contribution in [2.75, 3.05) is 6.54 Å². The molecule has 0 aliphatic heterocycles. The number of nitrogens with zero attached hydrogens (tertiary/aromatic N) is 3. The molecule has 4 heteroatoms. The predicted molar refractivity (Wildman–Crippen MR) is 57.1 cm³/mol. The molecule has 76 valence electrons. The molecule has 0 spiro atoms. The summed E-state index contributed by atoms with van der Waals surface area (Å²) < 4.78 is 1.99. The quantitative estimate of drug-likeness (QED) is 0.758. The first-order chi connectivity index (χ1) is 7.40. The molecule has 0 aromatic carbocycles. The number of rotatable bonds is 4. The molecule has 0 unspecified atom stereocenters. The Morgan fingerprint density at radius 3 is 3.20 bits per heavy atom. The average Bonchev–Trinajstić information content (AvgIpc) is 2.67. The van der Waals surface area contributed by atoms with Crippen molar-refractivity contribution in [3.63, 3.8) is 0 Å². The molecule has 0 saturated carbocycles. The predicted octanol–water partition coefficient (Wildman–Crippen LogP) is 1.34. The van der Waals surface area contributed by atoms with E-state index in [1.807, 2.05) is 35.0 Å². The number of hydrogen-bond acceptors (Lipinski definition) is 3. The number of nitrogens with one attached hydrogen (secondary N) is 1. The topological polar surface area (TPSA) is 53.1 Å². The molecule has 4 nitrogen and oxygen atoms in total. The van der Waals surface area contributed by atoms with E-state index in [4.69, 9.17) is 5.26 Å². The largest absolute Gasteiger partial charge is 0.310 e. The highest BCUT2D eigenvalue weighted by Crippen LogP contribution is 2.03. The van der Waals surface area contributed by atoms with E-state index in [0.717, 1.165) is 11.3 Å². The Morgan fingerprint density at radius 1 is 1.47 bits per heavy atom. The van der Waals surface area contributed by atoms with E-state index in [2.05, 4.69) is 16.4 Å². The molecule has 0 fully saturated rings. The van der Waals surface area contributed by atoms with Crippen molar-refractivity contribution in [1.82, 2.24) is 14.7 Å². The Bertz CT molecular complexity index is 448. The lowest BCUT2D eigenvalue weighted by Crippen LogP contribution is -2.14. The lowest BCUT2D eigenvalue weighted by atomic mass is 10.4. The Morgan fingerprint density at radius 2 is 2.40 bits per heavy atom. The van der Waals surface area contributed by atoms with Crippen molar-refractivity contribution in [3.8, 4) is 6.07 Å². The van der Waals surface area contributed by atoms with Gasteiger partial charge in [-0.05, 0) is 12.1 Å². The normalized spacial score (nSPS) is 10.3. The van der Waals surface area contributed by atoms with Crippen LogP contribution in [0.4, 0.5) is 0 Å². The summed E-state index contributed by atoms with van der Waals surface area (Å²) in [4.78, 5) is 4.43. The van der Waals surface area contributed by atoms with Gasteiger partial charge in [0.2, 0.25) is 0 Å². The Labute approximate surface area is 88.2 Å². The molecule has 15 heavy (non-hydrogen) atoms. The van der Waals surface area contributed by atoms with Crippen LogP contribution in [0.1, 0.15) is 12.1 Å². The van der Waals surface area contributed by atoms with E-state index in [-0.39, 0.29) is 0 Å². The summed E-state index contributed by atoms with van der Waals surface area (Å²) in [7, 11) is 0. The standard InChI is InChI=1S/C11H12N4/c12-5-3-6-13-8-10-9-15-7-2-1-4-11(15)14-10/h1-2,4,7,9,13H,3,6,8H2. The van der Waals surface area contributed by atoms with Crippen LogP contribution < -0.4 is 5.32 Å². The SMILES string of the molecule is N#CCCNCc1cn2ccccc2n1. The van der Waals surface area contributed by atoms with Gasteiger partial charge in [-0.25, -0.2) is 4.98 Å². The minimum Gasteiger partial charge on any atom is -0.310 e. The molecule has 2 heterocycles. The van der Waals surface area contributed by atoms with E-state index >= 15 is 0 Å². The lowest BCUT2D eigenvalue weighted by Gasteiger charge is -1.96. The second kappa shape index (κ2) is 4.58. The molecule has 2 rings (SSSR count). The second-order valence-corrected chi connectivity index (χ2v) is 3.28. The fourth-order valence-corrected chi connectivity index (χ4v) is 1.43. The number of imidazole rings is 1. The molecule has 0 radical (unpaired) electrons. The molecule has 2 aromatic heterocycles. The number of pyridine rings is 1. The fraction of sp³-hybridized carbons (Fsp3) is 0.273. The van der Waals surface area contributed by atoms with Crippen LogP contribution in [0.2, 0.25) is 0 Å². The third-order valence-corrected chi connectivity index (χ3v) is 2.13. The Hall–Kier alpha value is -1.86. The smallest absolute Gasteiger partial charge is 0.137 e. The van der Waals surface area contributed by atoms with E-state index < -0.39 is 0 Å². The third-order valence-electron chi connectivity index (χ3n) is 2.13. The first-order valence-electron chi connectivity index (χ1n) is 4.90. The van der Waals surface area contributed by atoms with Crippen LogP contribution in [0.3, 0.4) is 0 Å². The molecule has 1 N–H and O–H groups in total. The molecule has 0 saturated heterocycles. The van der Waals surface area contributed by atoms with E-state index in [1.165, 1.54) is 0 Å². The monoisotopic (exact) mass is 200 g/mol. The molecule has 0 aliphatic rings. The fourth-order valence-electron chi connectivity index (χ4n) is 1.43. The van der Waals surface area contributed by atoms with Crippen molar-refractivity contribution in [2.45, 2.75) is 13.0 Å². The lowest BCUT2D eigenvalue weighted by molar-refractivity contribution is 0.689. The van der Waals surface area contributed by atoms with Gasteiger partial charge in [0.15, 0.2) is 0 Å². The van der Waals surface area contributed by atoms with Crippen LogP contribution in [-0.4, -0.2) is 15.9 Å². The van der Waals surface area contributed by atoms with Crippen molar-refractivity contribution < 1.29 is 0 Å². The summed E-state index contributed by atoms with van der Waals surface area (Å²) >= 11 is 0. The van der Waals surface area contributed by atoms with Gasteiger partial charge in [0, 0.05) is 31.9 Å². The van der Waals surface area contributed by atoms with Crippen LogP contribution in [-0.2, 0) is 6.54 Å². The van der Waals surface area contributed by atoms with Crippen LogP contribution in [0.15, 0.2) is 30.6 Å². The van der Waals surface area contributed by atoms with E-state index in [9.17, 15) is 0 Å². The number of fused-ring (bicyclic) bond motifs is 1. The van der Waals surface area contributed by atoms with Crippen molar-refractivity contribution >= 4 is 5.65 Å². The van der Waals surface area contributed by atoms with Crippen LogP contribution in [0.5, 0.6) is 0 Å². The van der Waals surface area contributed by atoms with E-state index in [1.54, 1.807) is 0 Å².